The highest BCUT2D eigenvalue weighted by molar-refractivity contribution is 5.98. The van der Waals surface area contributed by atoms with Crippen molar-refractivity contribution in [2.75, 3.05) is 0 Å². The van der Waals surface area contributed by atoms with Crippen LogP contribution in [0.15, 0.2) is 28.9 Å². The summed E-state index contributed by atoms with van der Waals surface area (Å²) < 4.78 is 4.92. The lowest BCUT2D eigenvalue weighted by atomic mass is 10.1. The van der Waals surface area contributed by atoms with Crippen LogP contribution in [0.3, 0.4) is 0 Å². The van der Waals surface area contributed by atoms with Crippen LogP contribution in [0.5, 0.6) is 0 Å². The summed E-state index contributed by atoms with van der Waals surface area (Å²) in [5.74, 6) is 0.142. The average molecular weight is 175 g/mol. The van der Waals surface area contributed by atoms with Gasteiger partial charge in [-0.15, -0.1) is 0 Å². The minimum absolute atomic E-state index is 0.142. The zero-order valence-corrected chi connectivity index (χ0v) is 7.28. The van der Waals surface area contributed by atoms with Crippen molar-refractivity contribution in [3.63, 3.8) is 0 Å². The summed E-state index contributed by atoms with van der Waals surface area (Å²) in [4.78, 5) is 11.3. The third kappa shape index (κ3) is 1.33. The third-order valence-corrected chi connectivity index (χ3v) is 2.00. The minimum Gasteiger partial charge on any atom is -0.356 e. The highest BCUT2D eigenvalue weighted by Crippen LogP contribution is 2.15. The molecular formula is C10H9NO2. The Morgan fingerprint density at radius 1 is 1.54 bits per heavy atom. The second-order valence-electron chi connectivity index (χ2n) is 2.86. The van der Waals surface area contributed by atoms with E-state index in [0.29, 0.717) is 12.0 Å². The van der Waals surface area contributed by atoms with E-state index < -0.39 is 0 Å². The van der Waals surface area contributed by atoms with Crippen molar-refractivity contribution in [2.45, 2.75) is 13.3 Å². The average Bonchev–Trinajstić information content (AvgIpc) is 2.63. The Morgan fingerprint density at radius 2 is 2.38 bits per heavy atom. The maximum Gasteiger partial charge on any atom is 0.166 e. The standard InChI is InChI=1S/C10H9NO2/c1-2-9(12)7-3-4-10-8(5-7)6-11-13-10/h3-6H,2H2,1H3. The van der Waals surface area contributed by atoms with Gasteiger partial charge in [-0.05, 0) is 18.2 Å². The van der Waals surface area contributed by atoms with E-state index in [1.165, 1.54) is 0 Å². The molecule has 13 heavy (non-hydrogen) atoms. The Hall–Kier alpha value is -1.64. The van der Waals surface area contributed by atoms with Gasteiger partial charge >= 0.3 is 0 Å². The second kappa shape index (κ2) is 3.01. The topological polar surface area (TPSA) is 43.1 Å². The molecule has 1 heterocycles. The fraction of sp³-hybridized carbons (Fsp3) is 0.200. The zero-order valence-electron chi connectivity index (χ0n) is 7.28. The number of rotatable bonds is 2. The number of nitrogens with zero attached hydrogens (tertiary/aromatic N) is 1. The summed E-state index contributed by atoms with van der Waals surface area (Å²) in [6.07, 6.45) is 2.14. The quantitative estimate of drug-likeness (QED) is 0.658. The van der Waals surface area contributed by atoms with Gasteiger partial charge in [-0.3, -0.25) is 4.79 Å². The number of benzene rings is 1. The molecule has 0 spiro atoms. The molecule has 0 bridgehead atoms. The van der Waals surface area contributed by atoms with Crippen molar-refractivity contribution in [1.29, 1.82) is 0 Å². The van der Waals surface area contributed by atoms with Crippen molar-refractivity contribution in [3.05, 3.63) is 30.0 Å². The van der Waals surface area contributed by atoms with Crippen LogP contribution in [0, 0.1) is 0 Å². The van der Waals surface area contributed by atoms with E-state index in [9.17, 15) is 4.79 Å². The molecule has 2 aromatic rings. The monoisotopic (exact) mass is 175 g/mol. The van der Waals surface area contributed by atoms with Crippen LogP contribution in [0.2, 0.25) is 0 Å². The lowest BCUT2D eigenvalue weighted by Gasteiger charge is -1.95. The van der Waals surface area contributed by atoms with E-state index in [-0.39, 0.29) is 5.78 Å². The maximum absolute atomic E-state index is 11.3. The molecule has 0 unspecified atom stereocenters. The molecule has 0 fully saturated rings. The number of Topliss-reactive ketones (excluding diaryl/α,β-unsaturated/α-hetero) is 1. The minimum atomic E-state index is 0.142. The molecular weight excluding hydrogens is 166 g/mol. The molecule has 0 aliphatic rings. The van der Waals surface area contributed by atoms with Gasteiger partial charge in [0.15, 0.2) is 11.4 Å². The van der Waals surface area contributed by atoms with Gasteiger partial charge in [-0.25, -0.2) is 0 Å². The molecule has 2 rings (SSSR count). The number of carbonyl (C=O) groups is 1. The van der Waals surface area contributed by atoms with Gasteiger partial charge in [0.05, 0.1) is 6.20 Å². The number of hydrogen-bond acceptors (Lipinski definition) is 3. The van der Waals surface area contributed by atoms with Crippen LogP contribution in [-0.2, 0) is 0 Å². The number of aromatic nitrogens is 1. The van der Waals surface area contributed by atoms with Gasteiger partial charge in [0.2, 0.25) is 0 Å². The molecule has 0 N–H and O–H groups in total. The molecule has 1 aromatic heterocycles. The summed E-state index contributed by atoms with van der Waals surface area (Å²) in [6, 6.07) is 5.34. The van der Waals surface area contributed by atoms with Crippen molar-refractivity contribution in [2.24, 2.45) is 0 Å². The summed E-state index contributed by atoms with van der Waals surface area (Å²) in [7, 11) is 0. The Bertz CT molecular complexity index is 445. The SMILES string of the molecule is CCC(=O)c1ccc2oncc2c1. The first-order valence-electron chi connectivity index (χ1n) is 4.19. The van der Waals surface area contributed by atoms with E-state index >= 15 is 0 Å². The highest BCUT2D eigenvalue weighted by atomic mass is 16.5. The van der Waals surface area contributed by atoms with E-state index in [4.69, 9.17) is 4.52 Å². The zero-order chi connectivity index (χ0) is 9.26. The molecule has 0 saturated carbocycles. The number of hydrogen-bond donors (Lipinski definition) is 0. The Balaban J connectivity index is 2.54. The Kier molecular flexibility index (Phi) is 1.85. The van der Waals surface area contributed by atoms with Gasteiger partial charge < -0.3 is 4.52 Å². The summed E-state index contributed by atoms with van der Waals surface area (Å²) in [5.41, 5.74) is 1.44. The van der Waals surface area contributed by atoms with Gasteiger partial charge in [0, 0.05) is 17.4 Å². The van der Waals surface area contributed by atoms with Crippen LogP contribution < -0.4 is 0 Å². The molecule has 66 valence electrons. The third-order valence-electron chi connectivity index (χ3n) is 2.00. The second-order valence-corrected chi connectivity index (χ2v) is 2.86. The number of fused-ring (bicyclic) bond motifs is 1. The molecule has 3 nitrogen and oxygen atoms in total. The Morgan fingerprint density at radius 3 is 3.15 bits per heavy atom. The molecule has 0 aliphatic carbocycles. The van der Waals surface area contributed by atoms with E-state index in [0.717, 1.165) is 10.9 Å². The summed E-state index contributed by atoms with van der Waals surface area (Å²) >= 11 is 0. The molecule has 0 amide bonds. The van der Waals surface area contributed by atoms with Crippen molar-refractivity contribution >= 4 is 16.8 Å². The normalized spacial score (nSPS) is 10.5. The van der Waals surface area contributed by atoms with E-state index in [1.807, 2.05) is 6.92 Å². The Labute approximate surface area is 75.3 Å². The van der Waals surface area contributed by atoms with Crippen molar-refractivity contribution < 1.29 is 9.32 Å². The maximum atomic E-state index is 11.3. The van der Waals surface area contributed by atoms with Gasteiger partial charge in [-0.1, -0.05) is 12.1 Å². The fourth-order valence-corrected chi connectivity index (χ4v) is 1.25. The van der Waals surface area contributed by atoms with Crippen LogP contribution in [0.25, 0.3) is 11.0 Å². The smallest absolute Gasteiger partial charge is 0.166 e. The molecule has 0 radical (unpaired) electrons. The number of ketones is 1. The first kappa shape index (κ1) is 7.98. The summed E-state index contributed by atoms with van der Waals surface area (Å²) in [5, 5.41) is 4.52. The first-order valence-corrected chi connectivity index (χ1v) is 4.19. The first-order chi connectivity index (χ1) is 6.31. The van der Waals surface area contributed by atoms with Gasteiger partial charge in [0.1, 0.15) is 0 Å². The van der Waals surface area contributed by atoms with Crippen molar-refractivity contribution in [3.8, 4) is 0 Å². The van der Waals surface area contributed by atoms with E-state index in [1.54, 1.807) is 24.4 Å². The van der Waals surface area contributed by atoms with Crippen LogP contribution >= 0.6 is 0 Å². The van der Waals surface area contributed by atoms with Crippen LogP contribution in [0.4, 0.5) is 0 Å². The highest BCUT2D eigenvalue weighted by Gasteiger charge is 2.05. The molecule has 3 heteroatoms. The number of carbonyl (C=O) groups excluding carboxylic acids is 1. The lowest BCUT2D eigenvalue weighted by Crippen LogP contribution is -1.94. The largest absolute Gasteiger partial charge is 0.356 e. The van der Waals surface area contributed by atoms with Crippen molar-refractivity contribution in [1.82, 2.24) is 5.16 Å². The molecule has 0 saturated heterocycles. The van der Waals surface area contributed by atoms with Gasteiger partial charge in [0.25, 0.3) is 0 Å². The van der Waals surface area contributed by atoms with Gasteiger partial charge in [-0.2, -0.15) is 0 Å². The van der Waals surface area contributed by atoms with Crippen LogP contribution in [0.1, 0.15) is 23.7 Å². The molecule has 0 aliphatic heterocycles. The van der Waals surface area contributed by atoms with Crippen LogP contribution in [-0.4, -0.2) is 10.9 Å². The predicted octanol–water partition coefficient (Wildman–Crippen LogP) is 2.42. The fourth-order valence-electron chi connectivity index (χ4n) is 1.25. The molecule has 1 aromatic carbocycles. The van der Waals surface area contributed by atoms with E-state index in [2.05, 4.69) is 5.16 Å². The lowest BCUT2D eigenvalue weighted by molar-refractivity contribution is 0.0988. The predicted molar refractivity (Wildman–Crippen MR) is 48.6 cm³/mol. The molecule has 0 atom stereocenters. The summed E-state index contributed by atoms with van der Waals surface area (Å²) in [6.45, 7) is 1.85.